The minimum absolute atomic E-state index is 0.0642. The van der Waals surface area contributed by atoms with Gasteiger partial charge in [0.2, 0.25) is 0 Å². The number of carboxylic acids is 1. The van der Waals surface area contributed by atoms with Crippen LogP contribution in [0, 0.1) is 12.7 Å². The predicted octanol–water partition coefficient (Wildman–Crippen LogP) is 1.77. The van der Waals surface area contributed by atoms with Crippen LogP contribution in [-0.2, 0) is 4.79 Å². The quantitative estimate of drug-likeness (QED) is 0.710. The van der Waals surface area contributed by atoms with Gasteiger partial charge < -0.3 is 15.5 Å². The second kappa shape index (κ2) is 6.20. The molecule has 3 N–H and O–H groups in total. The number of anilines is 1. The molecule has 0 radical (unpaired) electrons. The second-order valence-corrected chi connectivity index (χ2v) is 3.93. The highest BCUT2D eigenvalue weighted by atomic mass is 19.1. The fraction of sp³-hybridized carbons (Fsp3) is 0.417. The topological polar surface area (TPSA) is 69.6 Å². The molecule has 0 saturated carbocycles. The van der Waals surface area contributed by atoms with E-state index in [1.54, 1.807) is 19.1 Å². The van der Waals surface area contributed by atoms with Crippen molar-refractivity contribution in [2.75, 3.05) is 11.9 Å². The number of nitrogens with one attached hydrogen (secondary N) is 1. The van der Waals surface area contributed by atoms with Gasteiger partial charge in [0.15, 0.2) is 0 Å². The van der Waals surface area contributed by atoms with E-state index in [1.807, 2.05) is 0 Å². The SMILES string of the molecule is Cc1cc(NCC(O)CCC(=O)O)ccc1F. The van der Waals surface area contributed by atoms with Gasteiger partial charge >= 0.3 is 5.97 Å². The number of aliphatic carboxylic acids is 1. The van der Waals surface area contributed by atoms with Crippen LogP contribution in [0.5, 0.6) is 0 Å². The van der Waals surface area contributed by atoms with Crippen LogP contribution in [0.25, 0.3) is 0 Å². The molecule has 0 fully saturated rings. The highest BCUT2D eigenvalue weighted by Gasteiger charge is 2.07. The van der Waals surface area contributed by atoms with Gasteiger partial charge in [-0.2, -0.15) is 0 Å². The molecular weight excluding hydrogens is 225 g/mol. The standard InChI is InChI=1S/C12H16FNO3/c1-8-6-9(2-4-11(8)13)14-7-10(15)3-5-12(16)17/h2,4,6,10,14-15H,3,5,7H2,1H3,(H,16,17). The molecule has 5 heteroatoms. The van der Waals surface area contributed by atoms with Crippen molar-refractivity contribution in [2.45, 2.75) is 25.9 Å². The molecule has 0 amide bonds. The van der Waals surface area contributed by atoms with Crippen molar-refractivity contribution in [2.24, 2.45) is 0 Å². The maximum absolute atomic E-state index is 13.0. The van der Waals surface area contributed by atoms with E-state index in [-0.39, 0.29) is 25.2 Å². The van der Waals surface area contributed by atoms with E-state index in [0.29, 0.717) is 11.3 Å². The normalized spacial score (nSPS) is 12.2. The van der Waals surface area contributed by atoms with Gasteiger partial charge in [-0.05, 0) is 37.1 Å². The van der Waals surface area contributed by atoms with Gasteiger partial charge in [0.05, 0.1) is 6.10 Å². The highest BCUT2D eigenvalue weighted by Crippen LogP contribution is 2.13. The Morgan fingerprint density at radius 1 is 1.53 bits per heavy atom. The molecule has 0 saturated heterocycles. The molecule has 1 aromatic rings. The van der Waals surface area contributed by atoms with E-state index in [1.165, 1.54) is 6.07 Å². The lowest BCUT2D eigenvalue weighted by molar-refractivity contribution is -0.137. The number of halogens is 1. The van der Waals surface area contributed by atoms with Gasteiger partial charge in [0.25, 0.3) is 0 Å². The summed E-state index contributed by atoms with van der Waals surface area (Å²) in [4.78, 5) is 10.3. The number of carboxylic acid groups (broad SMARTS) is 1. The first kappa shape index (κ1) is 13.4. The fourth-order valence-corrected chi connectivity index (χ4v) is 1.38. The second-order valence-electron chi connectivity index (χ2n) is 3.93. The molecule has 0 aliphatic heterocycles. The van der Waals surface area contributed by atoms with Crippen LogP contribution in [0.2, 0.25) is 0 Å². The van der Waals surface area contributed by atoms with Crippen molar-refractivity contribution < 1.29 is 19.4 Å². The maximum atomic E-state index is 13.0. The van der Waals surface area contributed by atoms with E-state index in [2.05, 4.69) is 5.32 Å². The van der Waals surface area contributed by atoms with Gasteiger partial charge in [-0.3, -0.25) is 4.79 Å². The summed E-state index contributed by atoms with van der Waals surface area (Å²) >= 11 is 0. The van der Waals surface area contributed by atoms with Gasteiger partial charge in [-0.1, -0.05) is 0 Å². The minimum Gasteiger partial charge on any atom is -0.481 e. The number of hydrogen-bond acceptors (Lipinski definition) is 3. The predicted molar refractivity (Wildman–Crippen MR) is 62.5 cm³/mol. The Labute approximate surface area is 99.1 Å². The third-order valence-corrected chi connectivity index (χ3v) is 2.39. The van der Waals surface area contributed by atoms with Gasteiger partial charge in [0, 0.05) is 18.7 Å². The summed E-state index contributed by atoms with van der Waals surface area (Å²) in [6.45, 7) is 1.90. The molecule has 0 aromatic heterocycles. The third-order valence-electron chi connectivity index (χ3n) is 2.39. The smallest absolute Gasteiger partial charge is 0.303 e. The Balaban J connectivity index is 2.39. The number of carbonyl (C=O) groups is 1. The fourth-order valence-electron chi connectivity index (χ4n) is 1.38. The largest absolute Gasteiger partial charge is 0.481 e. The first-order valence-electron chi connectivity index (χ1n) is 5.39. The molecule has 94 valence electrons. The van der Waals surface area contributed by atoms with E-state index < -0.39 is 12.1 Å². The first-order valence-corrected chi connectivity index (χ1v) is 5.39. The highest BCUT2D eigenvalue weighted by molar-refractivity contribution is 5.66. The summed E-state index contributed by atoms with van der Waals surface area (Å²) in [5.41, 5.74) is 1.23. The van der Waals surface area contributed by atoms with Crippen LogP contribution in [0.3, 0.4) is 0 Å². The molecule has 0 bridgehead atoms. The summed E-state index contributed by atoms with van der Waals surface area (Å²) in [6.07, 6.45) is -0.593. The lowest BCUT2D eigenvalue weighted by atomic mass is 10.2. The number of benzene rings is 1. The number of hydrogen-bond donors (Lipinski definition) is 3. The van der Waals surface area contributed by atoms with E-state index >= 15 is 0 Å². The number of aliphatic hydroxyl groups is 1. The van der Waals surface area contributed by atoms with Crippen LogP contribution >= 0.6 is 0 Å². The summed E-state index contributed by atoms with van der Waals surface area (Å²) in [7, 11) is 0. The molecule has 0 aliphatic carbocycles. The maximum Gasteiger partial charge on any atom is 0.303 e. The average Bonchev–Trinajstić information content (AvgIpc) is 2.28. The lowest BCUT2D eigenvalue weighted by Crippen LogP contribution is -2.20. The lowest BCUT2D eigenvalue weighted by Gasteiger charge is -2.12. The van der Waals surface area contributed by atoms with Crippen molar-refractivity contribution in [1.82, 2.24) is 0 Å². The van der Waals surface area contributed by atoms with Crippen LogP contribution in [0.15, 0.2) is 18.2 Å². The van der Waals surface area contributed by atoms with Crippen molar-refractivity contribution in [1.29, 1.82) is 0 Å². The van der Waals surface area contributed by atoms with Gasteiger partial charge in [-0.25, -0.2) is 4.39 Å². The summed E-state index contributed by atoms with van der Waals surface area (Å²) in [5, 5.41) is 20.9. The molecular formula is C12H16FNO3. The monoisotopic (exact) mass is 241 g/mol. The van der Waals surface area contributed by atoms with Gasteiger partial charge in [-0.15, -0.1) is 0 Å². The van der Waals surface area contributed by atoms with Crippen LogP contribution in [-0.4, -0.2) is 28.8 Å². The van der Waals surface area contributed by atoms with Crippen molar-refractivity contribution in [3.8, 4) is 0 Å². The summed E-state index contributed by atoms with van der Waals surface area (Å²) in [6, 6.07) is 4.56. The molecule has 1 rings (SSSR count). The minimum atomic E-state index is -0.929. The zero-order valence-corrected chi connectivity index (χ0v) is 9.61. The average molecular weight is 241 g/mol. The summed E-state index contributed by atoms with van der Waals surface area (Å²) in [5.74, 6) is -1.20. The number of aliphatic hydroxyl groups excluding tert-OH is 1. The third kappa shape index (κ3) is 4.82. The zero-order valence-electron chi connectivity index (χ0n) is 9.61. The van der Waals surface area contributed by atoms with E-state index in [0.717, 1.165) is 0 Å². The Morgan fingerprint density at radius 2 is 2.24 bits per heavy atom. The number of aryl methyl sites for hydroxylation is 1. The van der Waals surface area contributed by atoms with Crippen LogP contribution in [0.1, 0.15) is 18.4 Å². The van der Waals surface area contributed by atoms with Crippen molar-refractivity contribution >= 4 is 11.7 Å². The van der Waals surface area contributed by atoms with Gasteiger partial charge in [0.1, 0.15) is 5.82 Å². The number of rotatable bonds is 6. The Bertz CT molecular complexity index is 395. The Morgan fingerprint density at radius 3 is 2.82 bits per heavy atom. The van der Waals surface area contributed by atoms with Crippen LogP contribution < -0.4 is 5.32 Å². The zero-order chi connectivity index (χ0) is 12.8. The molecule has 0 heterocycles. The molecule has 1 atom stereocenters. The molecule has 1 unspecified atom stereocenters. The molecule has 0 spiro atoms. The van der Waals surface area contributed by atoms with Crippen molar-refractivity contribution in [3.05, 3.63) is 29.6 Å². The van der Waals surface area contributed by atoms with E-state index in [4.69, 9.17) is 5.11 Å². The first-order chi connectivity index (χ1) is 7.99. The molecule has 0 aliphatic rings. The molecule has 4 nitrogen and oxygen atoms in total. The van der Waals surface area contributed by atoms with Crippen LogP contribution in [0.4, 0.5) is 10.1 Å². The molecule has 1 aromatic carbocycles. The molecule has 17 heavy (non-hydrogen) atoms. The van der Waals surface area contributed by atoms with Crippen molar-refractivity contribution in [3.63, 3.8) is 0 Å². The summed E-state index contributed by atoms with van der Waals surface area (Å²) < 4.78 is 13.0. The van der Waals surface area contributed by atoms with E-state index in [9.17, 15) is 14.3 Å². The Kier molecular flexibility index (Phi) is 4.90. The Hall–Kier alpha value is -1.62.